The fraction of sp³-hybridized carbons (Fsp3) is 0.538. The van der Waals surface area contributed by atoms with Crippen molar-refractivity contribution in [3.8, 4) is 5.75 Å². The lowest BCUT2D eigenvalue weighted by Gasteiger charge is -2.13. The number of methoxy groups -OCH3 is 1. The van der Waals surface area contributed by atoms with Crippen molar-refractivity contribution in [1.29, 1.82) is 0 Å². The molecule has 1 aromatic heterocycles. The highest BCUT2D eigenvalue weighted by Gasteiger charge is 2.25. The van der Waals surface area contributed by atoms with E-state index in [0.29, 0.717) is 17.0 Å². The number of aryl methyl sites for hydroxylation is 1. The normalized spacial score (nSPS) is 12.0. The van der Waals surface area contributed by atoms with Gasteiger partial charge in [0.05, 0.1) is 11.6 Å². The van der Waals surface area contributed by atoms with Gasteiger partial charge in [0.25, 0.3) is 5.91 Å². The molecule has 0 bridgehead atoms. The smallest absolute Gasteiger partial charge is 0.326 e. The molecule has 0 saturated heterocycles. The molecule has 1 heterocycles. The Labute approximate surface area is 130 Å². The van der Waals surface area contributed by atoms with Crippen molar-refractivity contribution in [2.45, 2.75) is 39.2 Å². The summed E-state index contributed by atoms with van der Waals surface area (Å²) in [6.07, 6.45) is 2.06. The molecule has 0 fully saturated rings. The summed E-state index contributed by atoms with van der Waals surface area (Å²) < 4.78 is 5.93. The van der Waals surface area contributed by atoms with E-state index in [4.69, 9.17) is 9.84 Å². The summed E-state index contributed by atoms with van der Waals surface area (Å²) in [7, 11) is 1.48. The molecule has 7 heteroatoms. The van der Waals surface area contributed by atoms with E-state index in [1.807, 2.05) is 13.8 Å². The van der Waals surface area contributed by atoms with Crippen LogP contribution in [0.4, 0.5) is 0 Å². The van der Waals surface area contributed by atoms with Gasteiger partial charge >= 0.3 is 5.97 Å². The van der Waals surface area contributed by atoms with Crippen molar-refractivity contribution in [2.75, 3.05) is 7.11 Å². The summed E-state index contributed by atoms with van der Waals surface area (Å²) in [5, 5.41) is 11.7. The monoisotopic (exact) mass is 363 g/mol. The van der Waals surface area contributed by atoms with Gasteiger partial charge in [-0.25, -0.2) is 4.79 Å². The minimum absolute atomic E-state index is 0.389. The minimum Gasteiger partial charge on any atom is -0.494 e. The first-order valence-corrected chi connectivity index (χ1v) is 7.89. The second kappa shape index (κ2) is 7.64. The number of carboxylic acid groups (broad SMARTS) is 1. The number of hydrogen-bond acceptors (Lipinski definition) is 4. The van der Waals surface area contributed by atoms with Crippen molar-refractivity contribution in [3.05, 3.63) is 14.2 Å². The Morgan fingerprint density at radius 1 is 1.50 bits per heavy atom. The van der Waals surface area contributed by atoms with Gasteiger partial charge in [0.1, 0.15) is 10.9 Å². The van der Waals surface area contributed by atoms with E-state index in [9.17, 15) is 9.59 Å². The number of halogens is 1. The van der Waals surface area contributed by atoms with Crippen LogP contribution >= 0.6 is 27.3 Å². The molecular formula is C13H18BrNO4S. The molecule has 1 amide bonds. The van der Waals surface area contributed by atoms with Crippen molar-refractivity contribution < 1.29 is 19.4 Å². The van der Waals surface area contributed by atoms with Gasteiger partial charge in [0.15, 0.2) is 5.75 Å². The third kappa shape index (κ3) is 3.96. The molecular weight excluding hydrogens is 346 g/mol. The molecule has 112 valence electrons. The van der Waals surface area contributed by atoms with E-state index in [-0.39, 0.29) is 0 Å². The molecule has 0 saturated carbocycles. The SMILES string of the molecule is CCCC[C@H](NC(=O)c1sc(C)c(Br)c1OC)C(=O)O. The zero-order valence-corrected chi connectivity index (χ0v) is 14.1. The predicted molar refractivity (Wildman–Crippen MR) is 81.7 cm³/mol. The number of amides is 1. The Morgan fingerprint density at radius 3 is 2.65 bits per heavy atom. The average molecular weight is 364 g/mol. The van der Waals surface area contributed by atoms with Crippen LogP contribution < -0.4 is 10.1 Å². The number of carbonyl (C=O) groups excluding carboxylic acids is 1. The van der Waals surface area contributed by atoms with Gasteiger partial charge in [-0.15, -0.1) is 11.3 Å². The lowest BCUT2D eigenvalue weighted by Crippen LogP contribution is -2.40. The molecule has 0 aromatic carbocycles. The Kier molecular flexibility index (Phi) is 6.48. The summed E-state index contributed by atoms with van der Waals surface area (Å²) in [5.74, 6) is -0.980. The first kappa shape index (κ1) is 17.0. The zero-order valence-electron chi connectivity index (χ0n) is 11.7. The van der Waals surface area contributed by atoms with E-state index in [0.717, 1.165) is 22.2 Å². The number of aliphatic carboxylic acids is 1. The fourth-order valence-corrected chi connectivity index (χ4v) is 3.38. The van der Waals surface area contributed by atoms with Crippen molar-refractivity contribution >= 4 is 39.1 Å². The zero-order chi connectivity index (χ0) is 15.3. The third-order valence-electron chi connectivity index (χ3n) is 2.83. The minimum atomic E-state index is -1.02. The predicted octanol–water partition coefficient (Wildman–Crippen LogP) is 3.20. The lowest BCUT2D eigenvalue weighted by molar-refractivity contribution is -0.139. The number of thiophene rings is 1. The van der Waals surface area contributed by atoms with Crippen LogP contribution in [0.3, 0.4) is 0 Å². The van der Waals surface area contributed by atoms with E-state index in [2.05, 4.69) is 21.2 Å². The fourth-order valence-electron chi connectivity index (χ4n) is 1.72. The number of ether oxygens (including phenoxy) is 1. The number of nitrogens with one attached hydrogen (secondary N) is 1. The van der Waals surface area contributed by atoms with Crippen LogP contribution in [0.25, 0.3) is 0 Å². The highest BCUT2D eigenvalue weighted by atomic mass is 79.9. The summed E-state index contributed by atoms with van der Waals surface area (Å²) >= 11 is 4.63. The Bertz CT molecular complexity index is 501. The Balaban J connectivity index is 2.89. The van der Waals surface area contributed by atoms with E-state index in [1.54, 1.807) is 0 Å². The Hall–Kier alpha value is -1.08. The quantitative estimate of drug-likeness (QED) is 0.779. The van der Waals surface area contributed by atoms with Gasteiger partial charge in [0, 0.05) is 4.88 Å². The van der Waals surface area contributed by atoms with Crippen LogP contribution in [0.2, 0.25) is 0 Å². The molecule has 1 rings (SSSR count). The second-order valence-electron chi connectivity index (χ2n) is 4.34. The van der Waals surface area contributed by atoms with Crippen LogP contribution in [0.15, 0.2) is 4.47 Å². The van der Waals surface area contributed by atoms with Gasteiger partial charge in [0.2, 0.25) is 0 Å². The number of rotatable bonds is 7. The maximum atomic E-state index is 12.2. The molecule has 0 aliphatic carbocycles. The Morgan fingerprint density at radius 2 is 2.15 bits per heavy atom. The number of unbranched alkanes of at least 4 members (excludes halogenated alkanes) is 1. The third-order valence-corrected chi connectivity index (χ3v) is 5.13. The van der Waals surface area contributed by atoms with Crippen LogP contribution in [-0.4, -0.2) is 30.1 Å². The van der Waals surface area contributed by atoms with Crippen molar-refractivity contribution in [1.82, 2.24) is 5.32 Å². The largest absolute Gasteiger partial charge is 0.494 e. The molecule has 0 aliphatic rings. The molecule has 20 heavy (non-hydrogen) atoms. The summed E-state index contributed by atoms with van der Waals surface area (Å²) in [5.41, 5.74) is 0. The second-order valence-corrected chi connectivity index (χ2v) is 6.36. The maximum absolute atomic E-state index is 12.2. The highest BCUT2D eigenvalue weighted by molar-refractivity contribution is 9.10. The molecule has 1 atom stereocenters. The first-order chi connectivity index (χ1) is 9.42. The van der Waals surface area contributed by atoms with Crippen molar-refractivity contribution in [3.63, 3.8) is 0 Å². The molecule has 0 radical (unpaired) electrons. The molecule has 0 spiro atoms. The number of hydrogen-bond donors (Lipinski definition) is 2. The molecule has 5 nitrogen and oxygen atoms in total. The van der Waals surface area contributed by atoms with Crippen molar-refractivity contribution in [2.24, 2.45) is 0 Å². The van der Waals surface area contributed by atoms with E-state index >= 15 is 0 Å². The standard InChI is InChI=1S/C13H18BrNO4S/c1-4-5-6-8(13(17)18)15-12(16)11-10(19-3)9(14)7(2)20-11/h8H,4-6H2,1-3H3,(H,15,16)(H,17,18)/t8-/m0/s1. The molecule has 0 unspecified atom stereocenters. The number of carboxylic acids is 1. The van der Waals surface area contributed by atoms with Gasteiger partial charge in [-0.05, 0) is 29.3 Å². The van der Waals surface area contributed by atoms with Crippen LogP contribution in [0.1, 0.15) is 40.7 Å². The molecule has 0 aliphatic heterocycles. The first-order valence-electron chi connectivity index (χ1n) is 6.28. The maximum Gasteiger partial charge on any atom is 0.326 e. The highest BCUT2D eigenvalue weighted by Crippen LogP contribution is 2.39. The van der Waals surface area contributed by atoms with Crippen LogP contribution in [-0.2, 0) is 4.79 Å². The summed E-state index contributed by atoms with van der Waals surface area (Å²) in [6, 6.07) is -0.867. The summed E-state index contributed by atoms with van der Waals surface area (Å²) in [6.45, 7) is 3.84. The van der Waals surface area contributed by atoms with Crippen LogP contribution in [0.5, 0.6) is 5.75 Å². The summed E-state index contributed by atoms with van der Waals surface area (Å²) in [4.78, 5) is 24.6. The van der Waals surface area contributed by atoms with E-state index < -0.39 is 17.9 Å². The van der Waals surface area contributed by atoms with Gasteiger partial charge < -0.3 is 15.2 Å². The van der Waals surface area contributed by atoms with Crippen LogP contribution in [0, 0.1) is 6.92 Å². The average Bonchev–Trinajstić information content (AvgIpc) is 2.69. The van der Waals surface area contributed by atoms with Gasteiger partial charge in [-0.1, -0.05) is 19.8 Å². The van der Waals surface area contributed by atoms with Gasteiger partial charge in [-0.3, -0.25) is 4.79 Å². The topological polar surface area (TPSA) is 75.6 Å². The number of carbonyl (C=O) groups is 2. The van der Waals surface area contributed by atoms with Gasteiger partial charge in [-0.2, -0.15) is 0 Å². The molecule has 1 aromatic rings. The van der Waals surface area contributed by atoms with E-state index in [1.165, 1.54) is 18.4 Å². The lowest BCUT2D eigenvalue weighted by atomic mass is 10.1. The molecule has 2 N–H and O–H groups in total.